The molecule has 158 valence electrons. The fourth-order valence-corrected chi connectivity index (χ4v) is 4.09. The van der Waals surface area contributed by atoms with Crippen LogP contribution in [-0.4, -0.2) is 33.6 Å². The van der Waals surface area contributed by atoms with Crippen LogP contribution in [0.5, 0.6) is 11.5 Å². The lowest BCUT2D eigenvalue weighted by Gasteiger charge is -2.14. The lowest BCUT2D eigenvalue weighted by molar-refractivity contribution is 0.0950. The van der Waals surface area contributed by atoms with Crippen molar-refractivity contribution in [1.29, 1.82) is 0 Å². The summed E-state index contributed by atoms with van der Waals surface area (Å²) < 4.78 is 38.4. The van der Waals surface area contributed by atoms with Gasteiger partial charge >= 0.3 is 0 Å². The van der Waals surface area contributed by atoms with Crippen molar-refractivity contribution in [2.45, 2.75) is 51.3 Å². The summed E-state index contributed by atoms with van der Waals surface area (Å²) in [4.78, 5) is 12.5. The molecule has 0 aromatic heterocycles. The Balaban J connectivity index is 2.14. The molecule has 0 heterocycles. The third kappa shape index (κ3) is 6.47. The second-order valence-corrected chi connectivity index (χ2v) is 8.82. The molecule has 29 heavy (non-hydrogen) atoms. The molecule has 0 fully saturated rings. The van der Waals surface area contributed by atoms with E-state index in [0.29, 0.717) is 6.54 Å². The first-order valence-corrected chi connectivity index (χ1v) is 10.8. The second-order valence-electron chi connectivity index (χ2n) is 7.13. The van der Waals surface area contributed by atoms with Crippen LogP contribution in [0.2, 0.25) is 0 Å². The van der Waals surface area contributed by atoms with E-state index in [1.165, 1.54) is 25.3 Å². The van der Waals surface area contributed by atoms with Crippen molar-refractivity contribution in [1.82, 2.24) is 10.0 Å². The number of amides is 1. The van der Waals surface area contributed by atoms with Gasteiger partial charge in [-0.3, -0.25) is 4.79 Å². The summed E-state index contributed by atoms with van der Waals surface area (Å²) >= 11 is 0. The molecule has 0 saturated carbocycles. The van der Waals surface area contributed by atoms with Crippen LogP contribution in [0.1, 0.15) is 43.6 Å². The lowest BCUT2D eigenvalue weighted by atomic mass is 10.2. The number of hydrogen-bond donors (Lipinski definition) is 2. The van der Waals surface area contributed by atoms with E-state index in [2.05, 4.69) is 10.0 Å². The smallest absolute Gasteiger partial charge is 0.251 e. The van der Waals surface area contributed by atoms with Gasteiger partial charge in [-0.15, -0.1) is 0 Å². The number of carbonyl (C=O) groups is 1. The van der Waals surface area contributed by atoms with Gasteiger partial charge in [0.15, 0.2) is 0 Å². The van der Waals surface area contributed by atoms with Crippen LogP contribution in [0, 0.1) is 0 Å². The lowest BCUT2D eigenvalue weighted by Crippen LogP contribution is -2.31. The molecule has 2 rings (SSSR count). The Labute approximate surface area is 172 Å². The maximum atomic E-state index is 12.6. The highest BCUT2D eigenvalue weighted by Crippen LogP contribution is 2.25. The normalized spacial score (nSPS) is 11.6. The Morgan fingerprint density at radius 1 is 1.03 bits per heavy atom. The summed E-state index contributed by atoms with van der Waals surface area (Å²) in [5.74, 6) is 0.560. The summed E-state index contributed by atoms with van der Waals surface area (Å²) in [5.41, 5.74) is 1.13. The summed E-state index contributed by atoms with van der Waals surface area (Å²) in [5, 5.41) is 2.80. The molecule has 0 atom stereocenters. The summed E-state index contributed by atoms with van der Waals surface area (Å²) in [6, 6.07) is 11.5. The van der Waals surface area contributed by atoms with E-state index in [4.69, 9.17) is 9.47 Å². The fourth-order valence-electron chi connectivity index (χ4n) is 2.64. The van der Waals surface area contributed by atoms with E-state index >= 15 is 0 Å². The van der Waals surface area contributed by atoms with Gasteiger partial charge in [0.1, 0.15) is 16.4 Å². The number of ether oxygens (including phenoxy) is 2. The van der Waals surface area contributed by atoms with Gasteiger partial charge in [-0.1, -0.05) is 12.1 Å². The number of rotatable bonds is 9. The predicted octanol–water partition coefficient (Wildman–Crippen LogP) is 3.10. The quantitative estimate of drug-likeness (QED) is 0.650. The molecule has 2 aromatic carbocycles. The number of hydrogen-bond acceptors (Lipinski definition) is 5. The second kappa shape index (κ2) is 9.76. The van der Waals surface area contributed by atoms with Crippen molar-refractivity contribution in [2.75, 3.05) is 7.11 Å². The van der Waals surface area contributed by atoms with Crippen LogP contribution in [-0.2, 0) is 16.6 Å². The van der Waals surface area contributed by atoms with Crippen LogP contribution < -0.4 is 19.5 Å². The molecule has 8 heteroatoms. The van der Waals surface area contributed by atoms with Crippen LogP contribution in [0.25, 0.3) is 0 Å². The summed E-state index contributed by atoms with van der Waals surface area (Å²) in [6.07, 6.45) is 0.0892. The number of nitrogens with one attached hydrogen (secondary N) is 2. The van der Waals surface area contributed by atoms with Crippen molar-refractivity contribution in [2.24, 2.45) is 0 Å². The highest BCUT2D eigenvalue weighted by molar-refractivity contribution is 7.89. The number of carbonyl (C=O) groups excluding carboxylic acids is 1. The minimum atomic E-state index is -3.81. The number of benzene rings is 2. The Morgan fingerprint density at radius 2 is 1.69 bits per heavy atom. The van der Waals surface area contributed by atoms with Gasteiger partial charge in [-0.05, 0) is 63.6 Å². The Bertz CT molecular complexity index is 938. The third-order valence-electron chi connectivity index (χ3n) is 3.85. The first-order chi connectivity index (χ1) is 13.6. The minimum absolute atomic E-state index is 0.0727. The number of methoxy groups -OCH3 is 1. The first kappa shape index (κ1) is 22.7. The molecular formula is C21H28N2O5S. The first-order valence-electron chi connectivity index (χ1n) is 9.36. The molecule has 0 radical (unpaired) electrons. The van der Waals surface area contributed by atoms with E-state index in [1.54, 1.807) is 13.8 Å². The zero-order chi connectivity index (χ0) is 21.6. The highest BCUT2D eigenvalue weighted by atomic mass is 32.2. The maximum absolute atomic E-state index is 12.6. The average molecular weight is 421 g/mol. The zero-order valence-corrected chi connectivity index (χ0v) is 18.2. The van der Waals surface area contributed by atoms with Gasteiger partial charge in [0.2, 0.25) is 10.0 Å². The van der Waals surface area contributed by atoms with E-state index in [-0.39, 0.29) is 34.3 Å². The Morgan fingerprint density at radius 3 is 2.24 bits per heavy atom. The predicted molar refractivity (Wildman–Crippen MR) is 112 cm³/mol. The third-order valence-corrected chi connectivity index (χ3v) is 5.53. The van der Waals surface area contributed by atoms with E-state index < -0.39 is 10.0 Å². The van der Waals surface area contributed by atoms with Crippen LogP contribution in [0.4, 0.5) is 0 Å². The van der Waals surface area contributed by atoms with E-state index in [9.17, 15) is 13.2 Å². The molecular weight excluding hydrogens is 392 g/mol. The summed E-state index contributed by atoms with van der Waals surface area (Å²) in [6.45, 7) is 7.65. The monoisotopic (exact) mass is 420 g/mol. The molecule has 2 N–H and O–H groups in total. The SMILES string of the molecule is COc1ccc(C(=O)NCc2ccc(OC(C)C)cc2)cc1S(=O)(=O)NC(C)C. The van der Waals surface area contributed by atoms with Gasteiger partial charge in [0, 0.05) is 18.2 Å². The van der Waals surface area contributed by atoms with Gasteiger partial charge in [0.25, 0.3) is 5.91 Å². The zero-order valence-electron chi connectivity index (χ0n) is 17.4. The van der Waals surface area contributed by atoms with Crippen molar-refractivity contribution in [3.63, 3.8) is 0 Å². The van der Waals surface area contributed by atoms with Crippen LogP contribution >= 0.6 is 0 Å². The van der Waals surface area contributed by atoms with Crippen molar-refractivity contribution < 1.29 is 22.7 Å². The molecule has 0 aliphatic heterocycles. The topological polar surface area (TPSA) is 93.7 Å². The molecule has 0 saturated heterocycles. The van der Waals surface area contributed by atoms with Gasteiger partial charge in [0.05, 0.1) is 13.2 Å². The van der Waals surface area contributed by atoms with Crippen molar-refractivity contribution in [3.8, 4) is 11.5 Å². The van der Waals surface area contributed by atoms with Gasteiger partial charge < -0.3 is 14.8 Å². The molecule has 7 nitrogen and oxygen atoms in total. The molecule has 2 aromatic rings. The fraction of sp³-hybridized carbons (Fsp3) is 0.381. The minimum Gasteiger partial charge on any atom is -0.495 e. The van der Waals surface area contributed by atoms with E-state index in [0.717, 1.165) is 11.3 Å². The Kier molecular flexibility index (Phi) is 7.64. The van der Waals surface area contributed by atoms with Crippen LogP contribution in [0.15, 0.2) is 47.4 Å². The largest absolute Gasteiger partial charge is 0.495 e. The highest BCUT2D eigenvalue weighted by Gasteiger charge is 2.22. The molecule has 0 aliphatic rings. The molecule has 0 unspecified atom stereocenters. The maximum Gasteiger partial charge on any atom is 0.251 e. The van der Waals surface area contributed by atoms with Gasteiger partial charge in [-0.25, -0.2) is 13.1 Å². The summed E-state index contributed by atoms with van der Waals surface area (Å²) in [7, 11) is -2.42. The Hall–Kier alpha value is -2.58. The number of sulfonamides is 1. The van der Waals surface area contributed by atoms with Crippen molar-refractivity contribution in [3.05, 3.63) is 53.6 Å². The average Bonchev–Trinajstić information content (AvgIpc) is 2.65. The van der Waals surface area contributed by atoms with E-state index in [1.807, 2.05) is 38.1 Å². The molecule has 0 bridgehead atoms. The van der Waals surface area contributed by atoms with Crippen molar-refractivity contribution >= 4 is 15.9 Å². The molecule has 0 spiro atoms. The standard InChI is InChI=1S/C21H28N2O5S/c1-14(2)23-29(25,26)20-12-17(8-11-19(20)27-5)21(24)22-13-16-6-9-18(10-7-16)28-15(3)4/h6-12,14-15,23H,13H2,1-5H3,(H,22,24). The molecule has 0 aliphatic carbocycles. The van der Waals surface area contributed by atoms with Crippen LogP contribution in [0.3, 0.4) is 0 Å². The molecule has 1 amide bonds. The van der Waals surface area contributed by atoms with Gasteiger partial charge in [-0.2, -0.15) is 0 Å².